The lowest BCUT2D eigenvalue weighted by Crippen LogP contribution is -2.16. The molecule has 1 heterocycles. The number of carbonyl (C=O) groups is 2. The standard InChI is InChI=1S/C17H18F2N2O3/c1-8(2)24-17(23)14-9(3)15(20-10(14)4)16(22)21-13-6-5-11(18)7-12(13)19/h5-8,20H,1-4H3,(H,21,22). The van der Waals surface area contributed by atoms with Crippen LogP contribution in [0.5, 0.6) is 0 Å². The molecule has 2 aromatic rings. The van der Waals surface area contributed by atoms with E-state index in [1.165, 1.54) is 0 Å². The third-order valence-electron chi connectivity index (χ3n) is 3.39. The van der Waals surface area contributed by atoms with E-state index in [0.29, 0.717) is 17.3 Å². The zero-order valence-corrected chi connectivity index (χ0v) is 13.8. The number of ether oxygens (including phenoxy) is 1. The van der Waals surface area contributed by atoms with Gasteiger partial charge in [-0.15, -0.1) is 0 Å². The van der Waals surface area contributed by atoms with Crippen LogP contribution in [0, 0.1) is 25.5 Å². The molecule has 0 aliphatic rings. The molecule has 0 aliphatic heterocycles. The third-order valence-corrected chi connectivity index (χ3v) is 3.39. The van der Waals surface area contributed by atoms with Crippen LogP contribution in [0.2, 0.25) is 0 Å². The minimum atomic E-state index is -0.885. The van der Waals surface area contributed by atoms with Gasteiger partial charge in [-0.2, -0.15) is 0 Å². The Morgan fingerprint density at radius 2 is 1.88 bits per heavy atom. The molecular formula is C17H18F2N2O3. The second-order valence-corrected chi connectivity index (χ2v) is 5.66. The molecule has 2 rings (SSSR count). The van der Waals surface area contributed by atoms with Crippen LogP contribution in [0.4, 0.5) is 14.5 Å². The number of anilines is 1. The van der Waals surface area contributed by atoms with E-state index in [1.807, 2.05) is 0 Å². The lowest BCUT2D eigenvalue weighted by molar-refractivity contribution is 0.0376. The SMILES string of the molecule is Cc1[nH]c(C(=O)Nc2ccc(F)cc2F)c(C)c1C(=O)OC(C)C. The Hall–Kier alpha value is -2.70. The number of aromatic amines is 1. The van der Waals surface area contributed by atoms with Crippen molar-refractivity contribution < 1.29 is 23.1 Å². The van der Waals surface area contributed by atoms with Crippen LogP contribution in [0.25, 0.3) is 0 Å². The molecule has 7 heteroatoms. The fraction of sp³-hybridized carbons (Fsp3) is 0.294. The largest absolute Gasteiger partial charge is 0.459 e. The van der Waals surface area contributed by atoms with Gasteiger partial charge < -0.3 is 15.0 Å². The summed E-state index contributed by atoms with van der Waals surface area (Å²) in [5.74, 6) is -2.80. The van der Waals surface area contributed by atoms with Gasteiger partial charge in [0.15, 0.2) is 0 Å². The maximum atomic E-state index is 13.6. The first-order valence-electron chi connectivity index (χ1n) is 7.37. The van der Waals surface area contributed by atoms with Gasteiger partial charge in [0.25, 0.3) is 5.91 Å². The summed E-state index contributed by atoms with van der Waals surface area (Å²) in [5.41, 5.74) is 1.11. The Balaban J connectivity index is 2.29. The van der Waals surface area contributed by atoms with Crippen LogP contribution < -0.4 is 5.32 Å². The van der Waals surface area contributed by atoms with E-state index >= 15 is 0 Å². The molecule has 0 bridgehead atoms. The van der Waals surface area contributed by atoms with Crippen molar-refractivity contribution in [3.8, 4) is 0 Å². The van der Waals surface area contributed by atoms with E-state index in [4.69, 9.17) is 4.74 Å². The predicted molar refractivity (Wildman–Crippen MR) is 85.1 cm³/mol. The number of hydrogen-bond donors (Lipinski definition) is 2. The summed E-state index contributed by atoms with van der Waals surface area (Å²) >= 11 is 0. The quantitative estimate of drug-likeness (QED) is 0.836. The first-order valence-corrected chi connectivity index (χ1v) is 7.37. The number of amides is 1. The molecule has 1 amide bonds. The van der Waals surface area contributed by atoms with E-state index in [9.17, 15) is 18.4 Å². The van der Waals surface area contributed by atoms with Crippen LogP contribution in [0.1, 0.15) is 46.0 Å². The van der Waals surface area contributed by atoms with Crippen molar-refractivity contribution in [2.24, 2.45) is 0 Å². The lowest BCUT2D eigenvalue weighted by Gasteiger charge is -2.08. The molecule has 0 fully saturated rings. The van der Waals surface area contributed by atoms with Crippen molar-refractivity contribution >= 4 is 17.6 Å². The Bertz CT molecular complexity index is 797. The van der Waals surface area contributed by atoms with Crippen LogP contribution in [-0.2, 0) is 4.74 Å². The first-order chi connectivity index (χ1) is 11.2. The monoisotopic (exact) mass is 336 g/mol. The van der Waals surface area contributed by atoms with E-state index in [1.54, 1.807) is 27.7 Å². The average molecular weight is 336 g/mol. The maximum Gasteiger partial charge on any atom is 0.340 e. The Morgan fingerprint density at radius 3 is 2.46 bits per heavy atom. The summed E-state index contributed by atoms with van der Waals surface area (Å²) in [5, 5.41) is 2.35. The molecule has 1 aromatic carbocycles. The molecule has 128 valence electrons. The van der Waals surface area contributed by atoms with Crippen molar-refractivity contribution in [1.29, 1.82) is 0 Å². The van der Waals surface area contributed by atoms with Gasteiger partial charge in [0, 0.05) is 11.8 Å². The fourth-order valence-corrected chi connectivity index (χ4v) is 2.33. The van der Waals surface area contributed by atoms with Gasteiger partial charge in [0.1, 0.15) is 17.3 Å². The van der Waals surface area contributed by atoms with Crippen LogP contribution in [-0.4, -0.2) is 23.0 Å². The van der Waals surface area contributed by atoms with Crippen molar-refractivity contribution in [3.63, 3.8) is 0 Å². The molecule has 5 nitrogen and oxygen atoms in total. The van der Waals surface area contributed by atoms with Gasteiger partial charge in [-0.3, -0.25) is 4.79 Å². The number of nitrogens with one attached hydrogen (secondary N) is 2. The Labute approximate surface area is 138 Å². The molecule has 2 N–H and O–H groups in total. The Morgan fingerprint density at radius 1 is 1.21 bits per heavy atom. The number of rotatable bonds is 4. The summed E-state index contributed by atoms with van der Waals surface area (Å²) in [7, 11) is 0. The second kappa shape index (κ2) is 6.82. The van der Waals surface area contributed by atoms with Crippen molar-refractivity contribution in [2.45, 2.75) is 33.8 Å². The molecule has 0 saturated heterocycles. The van der Waals surface area contributed by atoms with Gasteiger partial charge in [0.05, 0.1) is 17.4 Å². The lowest BCUT2D eigenvalue weighted by atomic mass is 10.1. The summed E-state index contributed by atoms with van der Waals surface area (Å²) < 4.78 is 31.7. The minimum Gasteiger partial charge on any atom is -0.459 e. The molecular weight excluding hydrogens is 318 g/mol. The van der Waals surface area contributed by atoms with Gasteiger partial charge >= 0.3 is 5.97 Å². The van der Waals surface area contributed by atoms with Gasteiger partial charge in [0.2, 0.25) is 0 Å². The number of benzene rings is 1. The molecule has 0 spiro atoms. The molecule has 0 atom stereocenters. The Kier molecular flexibility index (Phi) is 5.02. The molecule has 0 aliphatic carbocycles. The average Bonchev–Trinajstić information content (AvgIpc) is 2.76. The maximum absolute atomic E-state index is 13.6. The van der Waals surface area contributed by atoms with E-state index in [-0.39, 0.29) is 23.0 Å². The molecule has 24 heavy (non-hydrogen) atoms. The highest BCUT2D eigenvalue weighted by Crippen LogP contribution is 2.22. The molecule has 1 aromatic heterocycles. The number of aryl methyl sites for hydroxylation is 1. The van der Waals surface area contributed by atoms with Gasteiger partial charge in [-0.1, -0.05) is 0 Å². The van der Waals surface area contributed by atoms with Crippen LogP contribution >= 0.6 is 0 Å². The third kappa shape index (κ3) is 3.61. The zero-order valence-electron chi connectivity index (χ0n) is 13.8. The van der Waals surface area contributed by atoms with Crippen molar-refractivity contribution in [1.82, 2.24) is 4.98 Å². The van der Waals surface area contributed by atoms with Crippen molar-refractivity contribution in [3.05, 3.63) is 52.3 Å². The summed E-state index contributed by atoms with van der Waals surface area (Å²) in [6, 6.07) is 2.84. The number of hydrogen-bond acceptors (Lipinski definition) is 3. The van der Waals surface area contributed by atoms with E-state index in [2.05, 4.69) is 10.3 Å². The van der Waals surface area contributed by atoms with Gasteiger partial charge in [-0.25, -0.2) is 13.6 Å². The first kappa shape index (κ1) is 17.7. The molecule has 0 saturated carbocycles. The minimum absolute atomic E-state index is 0.118. The summed E-state index contributed by atoms with van der Waals surface area (Å²) in [6.07, 6.45) is -0.295. The predicted octanol–water partition coefficient (Wildman–Crippen LogP) is 3.73. The molecule has 0 radical (unpaired) electrons. The number of carbonyl (C=O) groups excluding carboxylic acids is 2. The highest BCUT2D eigenvalue weighted by molar-refractivity contribution is 6.06. The number of halogens is 2. The highest BCUT2D eigenvalue weighted by Gasteiger charge is 2.24. The van der Waals surface area contributed by atoms with Crippen molar-refractivity contribution in [2.75, 3.05) is 5.32 Å². The normalized spacial score (nSPS) is 10.8. The number of esters is 1. The van der Waals surface area contributed by atoms with Crippen LogP contribution in [0.3, 0.4) is 0 Å². The van der Waals surface area contributed by atoms with E-state index < -0.39 is 23.5 Å². The number of H-pyrrole nitrogens is 1. The van der Waals surface area contributed by atoms with Gasteiger partial charge in [-0.05, 0) is 45.4 Å². The smallest absolute Gasteiger partial charge is 0.340 e. The zero-order chi connectivity index (χ0) is 18.0. The number of aromatic nitrogens is 1. The van der Waals surface area contributed by atoms with Crippen LogP contribution in [0.15, 0.2) is 18.2 Å². The highest BCUT2D eigenvalue weighted by atomic mass is 19.1. The van der Waals surface area contributed by atoms with E-state index in [0.717, 1.165) is 12.1 Å². The second-order valence-electron chi connectivity index (χ2n) is 5.66. The molecule has 0 unspecified atom stereocenters. The summed E-state index contributed by atoms with van der Waals surface area (Å²) in [6.45, 7) is 6.68. The fourth-order valence-electron chi connectivity index (χ4n) is 2.33. The topological polar surface area (TPSA) is 71.2 Å². The summed E-state index contributed by atoms with van der Waals surface area (Å²) in [4.78, 5) is 27.2.